The smallest absolute Gasteiger partial charge is 0.228 e. The van der Waals surface area contributed by atoms with Crippen molar-refractivity contribution in [2.24, 2.45) is 5.92 Å². The van der Waals surface area contributed by atoms with Gasteiger partial charge in [0.2, 0.25) is 11.8 Å². The van der Waals surface area contributed by atoms with E-state index < -0.39 is 0 Å². The summed E-state index contributed by atoms with van der Waals surface area (Å²) in [5, 5.41) is 1.00. The molecule has 2 aliphatic rings. The van der Waals surface area contributed by atoms with Gasteiger partial charge in [0.05, 0.1) is 30.3 Å². The molecule has 0 aromatic carbocycles. The van der Waals surface area contributed by atoms with E-state index in [9.17, 15) is 9.59 Å². The van der Waals surface area contributed by atoms with Crippen molar-refractivity contribution < 1.29 is 14.3 Å². The zero-order valence-corrected chi connectivity index (χ0v) is 15.2. The van der Waals surface area contributed by atoms with Gasteiger partial charge in [-0.2, -0.15) is 0 Å². The average molecular weight is 351 g/mol. The van der Waals surface area contributed by atoms with Crippen LogP contribution in [-0.2, 0) is 20.7 Å². The lowest BCUT2D eigenvalue weighted by Crippen LogP contribution is -2.47. The number of thiazole rings is 1. The zero-order valence-electron chi connectivity index (χ0n) is 14.4. The third kappa shape index (κ3) is 3.95. The lowest BCUT2D eigenvalue weighted by Gasteiger charge is -2.35. The van der Waals surface area contributed by atoms with Gasteiger partial charge in [-0.3, -0.25) is 9.59 Å². The fourth-order valence-electron chi connectivity index (χ4n) is 3.41. The van der Waals surface area contributed by atoms with E-state index in [1.54, 1.807) is 11.3 Å². The quantitative estimate of drug-likeness (QED) is 0.826. The molecule has 2 saturated heterocycles. The Morgan fingerprint density at radius 3 is 2.38 bits per heavy atom. The maximum atomic E-state index is 12.5. The van der Waals surface area contributed by atoms with Crippen molar-refractivity contribution in [2.45, 2.75) is 33.1 Å². The van der Waals surface area contributed by atoms with E-state index in [0.29, 0.717) is 45.8 Å². The molecule has 0 saturated carbocycles. The predicted octanol–water partition coefficient (Wildman–Crippen LogP) is 1.40. The highest BCUT2D eigenvalue weighted by atomic mass is 32.1. The molecule has 0 atom stereocenters. The zero-order chi connectivity index (χ0) is 17.1. The van der Waals surface area contributed by atoms with Crippen LogP contribution < -0.4 is 0 Å². The number of aromatic nitrogens is 1. The van der Waals surface area contributed by atoms with Crippen LogP contribution in [0.25, 0.3) is 0 Å². The second-order valence-electron chi connectivity index (χ2n) is 6.51. The minimum atomic E-state index is 0.0513. The molecular weight excluding hydrogens is 326 g/mol. The minimum absolute atomic E-state index is 0.0513. The normalized spacial score (nSPS) is 19.6. The number of hydrogen-bond donors (Lipinski definition) is 0. The number of likely N-dealkylation sites (tertiary alicyclic amines) is 1. The molecule has 0 unspecified atom stereocenters. The molecule has 3 rings (SSSR count). The number of piperidine rings is 1. The first kappa shape index (κ1) is 17.4. The number of amides is 2. The van der Waals surface area contributed by atoms with Crippen LogP contribution in [0.5, 0.6) is 0 Å². The van der Waals surface area contributed by atoms with Gasteiger partial charge in [-0.1, -0.05) is 0 Å². The van der Waals surface area contributed by atoms with Crippen LogP contribution in [0.2, 0.25) is 0 Å². The van der Waals surface area contributed by atoms with Crippen LogP contribution in [0, 0.1) is 19.8 Å². The molecule has 6 nitrogen and oxygen atoms in total. The van der Waals surface area contributed by atoms with Crippen molar-refractivity contribution in [3.63, 3.8) is 0 Å². The Hall–Kier alpha value is -1.47. The summed E-state index contributed by atoms with van der Waals surface area (Å²) in [5.41, 5.74) is 0.897. The maximum absolute atomic E-state index is 12.5. The average Bonchev–Trinajstić information content (AvgIpc) is 2.92. The number of carbonyl (C=O) groups is 2. The van der Waals surface area contributed by atoms with E-state index in [1.165, 1.54) is 0 Å². The SMILES string of the molecule is Cc1nc(CC(=O)N2CCC(C(=O)N3CCOCC3)CC2)c(C)s1. The number of carbonyl (C=O) groups excluding carboxylic acids is 2. The number of hydrogen-bond acceptors (Lipinski definition) is 5. The van der Waals surface area contributed by atoms with E-state index >= 15 is 0 Å². The maximum Gasteiger partial charge on any atom is 0.228 e. The standard InChI is InChI=1S/C17H25N3O3S/c1-12-15(18-13(2)24-12)11-16(21)19-5-3-14(4-6-19)17(22)20-7-9-23-10-8-20/h14H,3-11H2,1-2H3. The fraction of sp³-hybridized carbons (Fsp3) is 0.706. The lowest BCUT2D eigenvalue weighted by molar-refractivity contribution is -0.143. The van der Waals surface area contributed by atoms with Gasteiger partial charge in [0.1, 0.15) is 0 Å². The molecule has 0 N–H and O–H groups in total. The molecule has 0 spiro atoms. The van der Waals surface area contributed by atoms with Crippen molar-refractivity contribution in [2.75, 3.05) is 39.4 Å². The highest BCUT2D eigenvalue weighted by Crippen LogP contribution is 2.22. The molecule has 0 aliphatic carbocycles. The monoisotopic (exact) mass is 351 g/mol. The molecule has 1 aromatic heterocycles. The third-order valence-corrected chi connectivity index (χ3v) is 5.77. The first-order valence-electron chi connectivity index (χ1n) is 8.62. The number of nitrogens with zero attached hydrogens (tertiary/aromatic N) is 3. The molecule has 132 valence electrons. The molecule has 2 aliphatic heterocycles. The van der Waals surface area contributed by atoms with Crippen LogP contribution >= 0.6 is 11.3 Å². The van der Waals surface area contributed by atoms with Crippen molar-refractivity contribution in [1.82, 2.24) is 14.8 Å². The van der Waals surface area contributed by atoms with Crippen LogP contribution in [0.15, 0.2) is 0 Å². The van der Waals surface area contributed by atoms with Crippen LogP contribution in [0.1, 0.15) is 28.4 Å². The van der Waals surface area contributed by atoms with Gasteiger partial charge in [0.25, 0.3) is 0 Å². The second-order valence-corrected chi connectivity index (χ2v) is 7.91. The molecule has 7 heteroatoms. The van der Waals surface area contributed by atoms with Gasteiger partial charge in [0.15, 0.2) is 0 Å². The van der Waals surface area contributed by atoms with Gasteiger partial charge in [0, 0.05) is 37.0 Å². The number of aryl methyl sites for hydroxylation is 2. The summed E-state index contributed by atoms with van der Waals surface area (Å²) in [6.45, 7) is 7.98. The van der Waals surface area contributed by atoms with Crippen LogP contribution in [0.4, 0.5) is 0 Å². The predicted molar refractivity (Wildman–Crippen MR) is 92.0 cm³/mol. The molecule has 24 heavy (non-hydrogen) atoms. The first-order chi connectivity index (χ1) is 11.5. The molecule has 2 amide bonds. The summed E-state index contributed by atoms with van der Waals surface area (Å²) in [6.07, 6.45) is 1.90. The summed E-state index contributed by atoms with van der Waals surface area (Å²) < 4.78 is 5.30. The Morgan fingerprint density at radius 2 is 1.79 bits per heavy atom. The Morgan fingerprint density at radius 1 is 1.12 bits per heavy atom. The lowest BCUT2D eigenvalue weighted by atomic mass is 9.94. The molecule has 2 fully saturated rings. The Labute approximate surface area is 146 Å². The summed E-state index contributed by atoms with van der Waals surface area (Å²) in [6, 6.07) is 0. The number of morpholine rings is 1. The van der Waals surface area contributed by atoms with Gasteiger partial charge < -0.3 is 14.5 Å². The summed E-state index contributed by atoms with van der Waals surface area (Å²) in [4.78, 5) is 34.4. The molecule has 1 aromatic rings. The van der Waals surface area contributed by atoms with Gasteiger partial charge in [-0.05, 0) is 26.7 Å². The Kier molecular flexibility index (Phi) is 5.50. The van der Waals surface area contributed by atoms with Gasteiger partial charge >= 0.3 is 0 Å². The van der Waals surface area contributed by atoms with Gasteiger partial charge in [-0.25, -0.2) is 4.98 Å². The largest absolute Gasteiger partial charge is 0.378 e. The van der Waals surface area contributed by atoms with Crippen molar-refractivity contribution in [3.05, 3.63) is 15.6 Å². The Bertz CT molecular complexity index is 602. The van der Waals surface area contributed by atoms with E-state index in [0.717, 1.165) is 28.4 Å². The molecule has 0 radical (unpaired) electrons. The van der Waals surface area contributed by atoms with Crippen molar-refractivity contribution in [3.8, 4) is 0 Å². The summed E-state index contributed by atoms with van der Waals surface area (Å²) in [5.74, 6) is 0.410. The van der Waals surface area contributed by atoms with Crippen molar-refractivity contribution >= 4 is 23.2 Å². The molecule has 3 heterocycles. The van der Waals surface area contributed by atoms with Crippen LogP contribution in [0.3, 0.4) is 0 Å². The van der Waals surface area contributed by atoms with Gasteiger partial charge in [-0.15, -0.1) is 11.3 Å². The minimum Gasteiger partial charge on any atom is -0.378 e. The second kappa shape index (κ2) is 7.61. The highest BCUT2D eigenvalue weighted by molar-refractivity contribution is 7.11. The highest BCUT2D eigenvalue weighted by Gasteiger charge is 2.31. The van der Waals surface area contributed by atoms with E-state index in [1.807, 2.05) is 23.6 Å². The third-order valence-electron chi connectivity index (χ3n) is 4.84. The number of rotatable bonds is 3. The summed E-state index contributed by atoms with van der Waals surface area (Å²) in [7, 11) is 0. The van der Waals surface area contributed by atoms with Crippen molar-refractivity contribution in [1.29, 1.82) is 0 Å². The van der Waals surface area contributed by atoms with E-state index in [-0.39, 0.29) is 17.7 Å². The number of ether oxygens (including phenoxy) is 1. The Balaban J connectivity index is 1.50. The summed E-state index contributed by atoms with van der Waals surface area (Å²) >= 11 is 1.64. The van der Waals surface area contributed by atoms with E-state index in [4.69, 9.17) is 4.74 Å². The fourth-order valence-corrected chi connectivity index (χ4v) is 4.24. The van der Waals surface area contributed by atoms with Crippen LogP contribution in [-0.4, -0.2) is 66.0 Å². The van der Waals surface area contributed by atoms with E-state index in [2.05, 4.69) is 4.98 Å². The molecule has 0 bridgehead atoms. The topological polar surface area (TPSA) is 62.7 Å². The first-order valence-corrected chi connectivity index (χ1v) is 9.43. The molecular formula is C17H25N3O3S.